The number of anilines is 1. The van der Waals surface area contributed by atoms with E-state index in [2.05, 4.69) is 10.6 Å². The van der Waals surface area contributed by atoms with Gasteiger partial charge in [-0.3, -0.25) is 0 Å². The van der Waals surface area contributed by atoms with E-state index in [1.54, 1.807) is 0 Å². The van der Waals surface area contributed by atoms with Crippen molar-refractivity contribution in [3.63, 3.8) is 0 Å². The van der Waals surface area contributed by atoms with Gasteiger partial charge in [-0.1, -0.05) is 12.1 Å². The highest BCUT2D eigenvalue weighted by Gasteiger charge is 2.29. The second-order valence-electron chi connectivity index (χ2n) is 5.28. The maximum Gasteiger partial charge on any atom is 0.416 e. The van der Waals surface area contributed by atoms with E-state index in [-0.39, 0.29) is 0 Å². The molecule has 0 heterocycles. The van der Waals surface area contributed by atoms with Gasteiger partial charge in [-0.15, -0.1) is 0 Å². The van der Waals surface area contributed by atoms with E-state index in [4.69, 9.17) is 17.0 Å². The summed E-state index contributed by atoms with van der Waals surface area (Å²) in [5.41, 5.74) is 0.997. The topological polar surface area (TPSA) is 33.3 Å². The molecule has 0 aliphatic carbocycles. The number of ether oxygens (including phenoxy) is 1. The molecule has 0 saturated carbocycles. The molecule has 0 radical (unpaired) electrons. The van der Waals surface area contributed by atoms with Gasteiger partial charge in [-0.25, -0.2) is 0 Å². The van der Waals surface area contributed by atoms with E-state index in [0.29, 0.717) is 24.7 Å². The monoisotopic (exact) mass is 368 g/mol. The predicted octanol–water partition coefficient (Wildman–Crippen LogP) is 4.63. The number of rotatable bonds is 6. The van der Waals surface area contributed by atoms with E-state index < -0.39 is 11.7 Å². The maximum absolute atomic E-state index is 12.5. The highest BCUT2D eigenvalue weighted by molar-refractivity contribution is 7.80. The molecule has 0 aliphatic rings. The van der Waals surface area contributed by atoms with Crippen molar-refractivity contribution in [2.24, 2.45) is 0 Å². The van der Waals surface area contributed by atoms with Gasteiger partial charge >= 0.3 is 6.18 Å². The molecule has 0 fully saturated rings. The molecule has 7 heteroatoms. The summed E-state index contributed by atoms with van der Waals surface area (Å²) in [6.07, 6.45) is -3.73. The quantitative estimate of drug-likeness (QED) is 0.728. The van der Waals surface area contributed by atoms with Gasteiger partial charge < -0.3 is 15.4 Å². The molecule has 0 spiro atoms. The molecule has 2 rings (SSSR count). The second kappa shape index (κ2) is 8.71. The molecule has 0 atom stereocenters. The van der Waals surface area contributed by atoms with E-state index in [9.17, 15) is 13.2 Å². The van der Waals surface area contributed by atoms with Crippen molar-refractivity contribution in [1.82, 2.24) is 5.32 Å². The third-order valence-corrected chi connectivity index (χ3v) is 3.65. The zero-order valence-electron chi connectivity index (χ0n) is 13.7. The minimum absolute atomic E-state index is 0.455. The van der Waals surface area contributed by atoms with Crippen molar-refractivity contribution in [2.45, 2.75) is 19.5 Å². The van der Waals surface area contributed by atoms with E-state index in [0.717, 1.165) is 29.1 Å². The van der Waals surface area contributed by atoms with Gasteiger partial charge in [0.15, 0.2) is 5.11 Å². The van der Waals surface area contributed by atoms with Crippen molar-refractivity contribution >= 4 is 23.0 Å². The number of benzene rings is 2. The molecular weight excluding hydrogens is 349 g/mol. The molecule has 3 nitrogen and oxygen atoms in total. The van der Waals surface area contributed by atoms with Crippen LogP contribution in [0.2, 0.25) is 0 Å². The van der Waals surface area contributed by atoms with Gasteiger partial charge in [-0.05, 0) is 67.5 Å². The predicted molar refractivity (Wildman–Crippen MR) is 97.0 cm³/mol. The van der Waals surface area contributed by atoms with Crippen molar-refractivity contribution in [2.75, 3.05) is 18.5 Å². The van der Waals surface area contributed by atoms with Gasteiger partial charge in [0.25, 0.3) is 0 Å². The van der Waals surface area contributed by atoms with E-state index in [1.165, 1.54) is 12.1 Å². The number of thiocarbonyl (C=S) groups is 1. The van der Waals surface area contributed by atoms with E-state index in [1.807, 2.05) is 31.2 Å². The lowest BCUT2D eigenvalue weighted by atomic mass is 10.1. The van der Waals surface area contributed by atoms with Crippen LogP contribution in [-0.2, 0) is 12.6 Å². The summed E-state index contributed by atoms with van der Waals surface area (Å²) in [7, 11) is 0. The van der Waals surface area contributed by atoms with Crippen molar-refractivity contribution < 1.29 is 17.9 Å². The third kappa shape index (κ3) is 6.26. The Balaban J connectivity index is 1.76. The number of halogens is 3. The van der Waals surface area contributed by atoms with Crippen molar-refractivity contribution in [3.05, 3.63) is 59.7 Å². The Labute approximate surface area is 150 Å². The Kier molecular flexibility index (Phi) is 6.64. The van der Waals surface area contributed by atoms with Crippen LogP contribution in [0, 0.1) is 0 Å². The summed E-state index contributed by atoms with van der Waals surface area (Å²) in [6.45, 7) is 3.05. The standard InChI is InChI=1S/C18H19F3N2OS/c1-2-24-16-9-7-15(8-10-16)23-17(25)22-12-11-13-3-5-14(6-4-13)18(19,20)21/h3-10H,2,11-12H2,1H3,(H2,22,23,25). The number of hydrogen-bond acceptors (Lipinski definition) is 2. The highest BCUT2D eigenvalue weighted by atomic mass is 32.1. The van der Waals surface area contributed by atoms with Crippen LogP contribution in [0.1, 0.15) is 18.1 Å². The third-order valence-electron chi connectivity index (χ3n) is 3.40. The second-order valence-corrected chi connectivity index (χ2v) is 5.69. The van der Waals surface area contributed by atoms with Crippen LogP contribution >= 0.6 is 12.2 Å². The van der Waals surface area contributed by atoms with Gasteiger partial charge in [0.2, 0.25) is 0 Å². The SMILES string of the molecule is CCOc1ccc(NC(=S)NCCc2ccc(C(F)(F)F)cc2)cc1. The largest absolute Gasteiger partial charge is 0.494 e. The minimum atomic E-state index is -4.31. The zero-order valence-corrected chi connectivity index (χ0v) is 14.5. The van der Waals surface area contributed by atoms with Crippen LogP contribution < -0.4 is 15.4 Å². The first-order valence-corrected chi connectivity index (χ1v) is 8.23. The first-order chi connectivity index (χ1) is 11.9. The van der Waals surface area contributed by atoms with Crippen LogP contribution in [0.5, 0.6) is 5.75 Å². The smallest absolute Gasteiger partial charge is 0.416 e. The Morgan fingerprint density at radius 3 is 2.24 bits per heavy atom. The molecule has 0 saturated heterocycles. The summed E-state index contributed by atoms with van der Waals surface area (Å²) >= 11 is 5.20. The molecule has 25 heavy (non-hydrogen) atoms. The van der Waals surface area contributed by atoms with Crippen LogP contribution in [0.3, 0.4) is 0 Å². The molecule has 134 valence electrons. The normalized spacial score (nSPS) is 11.0. The molecule has 0 unspecified atom stereocenters. The molecule has 0 aromatic heterocycles. The van der Waals surface area contributed by atoms with Crippen LogP contribution in [0.25, 0.3) is 0 Å². The lowest BCUT2D eigenvalue weighted by molar-refractivity contribution is -0.137. The minimum Gasteiger partial charge on any atom is -0.494 e. The average molecular weight is 368 g/mol. The first-order valence-electron chi connectivity index (χ1n) is 7.82. The van der Waals surface area contributed by atoms with E-state index >= 15 is 0 Å². The molecule has 0 bridgehead atoms. The van der Waals surface area contributed by atoms with Gasteiger partial charge in [0.1, 0.15) is 5.75 Å². The highest BCUT2D eigenvalue weighted by Crippen LogP contribution is 2.29. The molecule has 2 aromatic carbocycles. The molecule has 0 aliphatic heterocycles. The van der Waals surface area contributed by atoms with Crippen molar-refractivity contribution in [1.29, 1.82) is 0 Å². The summed E-state index contributed by atoms with van der Waals surface area (Å²) in [5, 5.41) is 6.53. The fraction of sp³-hybridized carbons (Fsp3) is 0.278. The van der Waals surface area contributed by atoms with Crippen LogP contribution in [0.4, 0.5) is 18.9 Å². The Bertz CT molecular complexity index is 685. The molecule has 2 N–H and O–H groups in total. The summed E-state index contributed by atoms with van der Waals surface area (Å²) in [6, 6.07) is 12.5. The summed E-state index contributed by atoms with van der Waals surface area (Å²) in [5.74, 6) is 0.786. The van der Waals surface area contributed by atoms with Gasteiger partial charge in [0.05, 0.1) is 12.2 Å². The number of nitrogens with one attached hydrogen (secondary N) is 2. The Morgan fingerprint density at radius 1 is 1.04 bits per heavy atom. The number of alkyl halides is 3. The molecule has 0 amide bonds. The fourth-order valence-electron chi connectivity index (χ4n) is 2.16. The lowest BCUT2D eigenvalue weighted by Crippen LogP contribution is -2.30. The number of hydrogen-bond donors (Lipinski definition) is 2. The van der Waals surface area contributed by atoms with Crippen LogP contribution in [-0.4, -0.2) is 18.3 Å². The van der Waals surface area contributed by atoms with Gasteiger partial charge in [-0.2, -0.15) is 13.2 Å². The summed E-state index contributed by atoms with van der Waals surface area (Å²) < 4.78 is 42.9. The Hall–Kier alpha value is -2.28. The molecular formula is C18H19F3N2OS. The van der Waals surface area contributed by atoms with Crippen LogP contribution in [0.15, 0.2) is 48.5 Å². The first kappa shape index (κ1) is 19.1. The van der Waals surface area contributed by atoms with Gasteiger partial charge in [0, 0.05) is 12.2 Å². The Morgan fingerprint density at radius 2 is 1.68 bits per heavy atom. The van der Waals surface area contributed by atoms with Crippen molar-refractivity contribution in [3.8, 4) is 5.75 Å². The zero-order chi connectivity index (χ0) is 18.3. The lowest BCUT2D eigenvalue weighted by Gasteiger charge is -2.12. The summed E-state index contributed by atoms with van der Waals surface area (Å²) in [4.78, 5) is 0. The average Bonchev–Trinajstić information content (AvgIpc) is 2.56. The maximum atomic E-state index is 12.5. The molecule has 2 aromatic rings. The fourth-order valence-corrected chi connectivity index (χ4v) is 2.38.